The van der Waals surface area contributed by atoms with E-state index in [2.05, 4.69) is 5.10 Å². The van der Waals surface area contributed by atoms with Crippen molar-refractivity contribution in [3.63, 3.8) is 0 Å². The highest BCUT2D eigenvalue weighted by atomic mass is 35.5. The minimum Gasteiger partial charge on any atom is -0.383 e. The zero-order valence-corrected chi connectivity index (χ0v) is 10.1. The predicted octanol–water partition coefficient (Wildman–Crippen LogP) is 2.81. The van der Waals surface area contributed by atoms with Gasteiger partial charge in [-0.15, -0.1) is 0 Å². The summed E-state index contributed by atoms with van der Waals surface area (Å²) in [5.41, 5.74) is 1.27. The quantitative estimate of drug-likeness (QED) is 0.898. The maximum Gasteiger partial charge on any atom is 0.109 e. The van der Waals surface area contributed by atoms with Crippen molar-refractivity contribution in [3.05, 3.63) is 51.8 Å². The van der Waals surface area contributed by atoms with Crippen LogP contribution in [0.5, 0.6) is 0 Å². The molecule has 84 valence electrons. The van der Waals surface area contributed by atoms with Gasteiger partial charge in [0, 0.05) is 34.4 Å². The molecule has 1 aromatic heterocycles. The third-order valence-electron chi connectivity index (χ3n) is 2.29. The number of nitrogens with zero attached hydrogens (tertiary/aromatic N) is 2. The lowest BCUT2D eigenvalue weighted by atomic mass is 10.0. The van der Waals surface area contributed by atoms with Gasteiger partial charge in [0.25, 0.3) is 0 Å². The molecule has 0 saturated heterocycles. The summed E-state index contributed by atoms with van der Waals surface area (Å²) in [6.45, 7) is 0. The fourth-order valence-electron chi connectivity index (χ4n) is 1.49. The molecule has 0 amide bonds. The average molecular weight is 257 g/mol. The number of benzene rings is 1. The average Bonchev–Trinajstić information content (AvgIpc) is 2.67. The minimum absolute atomic E-state index is 0.487. The lowest BCUT2D eigenvalue weighted by molar-refractivity contribution is 0.220. The summed E-state index contributed by atoms with van der Waals surface area (Å²) < 4.78 is 1.62. The Kier molecular flexibility index (Phi) is 3.19. The molecule has 3 nitrogen and oxygen atoms in total. The van der Waals surface area contributed by atoms with E-state index in [1.165, 1.54) is 0 Å². The summed E-state index contributed by atoms with van der Waals surface area (Å²) in [4.78, 5) is 0. The molecule has 1 atom stereocenters. The molecule has 1 unspecified atom stereocenters. The van der Waals surface area contributed by atoms with Crippen molar-refractivity contribution < 1.29 is 5.11 Å². The van der Waals surface area contributed by atoms with Gasteiger partial charge in [0.1, 0.15) is 6.10 Å². The van der Waals surface area contributed by atoms with E-state index in [9.17, 15) is 5.11 Å². The number of rotatable bonds is 2. The topological polar surface area (TPSA) is 38.0 Å². The Hall–Kier alpha value is -1.03. The van der Waals surface area contributed by atoms with Crippen LogP contribution in [0.2, 0.25) is 10.0 Å². The largest absolute Gasteiger partial charge is 0.383 e. The standard InChI is InChI=1S/C11H10Cl2N2O/c1-15-6-7(5-14-15)11(16)9-4-8(12)2-3-10(9)13/h2-6,11,16H,1H3. The second-order valence-corrected chi connectivity index (χ2v) is 4.36. The number of aromatic nitrogens is 2. The van der Waals surface area contributed by atoms with E-state index >= 15 is 0 Å². The molecule has 0 fully saturated rings. The van der Waals surface area contributed by atoms with Gasteiger partial charge in [0.05, 0.1) is 6.20 Å². The van der Waals surface area contributed by atoms with Crippen LogP contribution in [0.4, 0.5) is 0 Å². The first kappa shape index (κ1) is 11.5. The van der Waals surface area contributed by atoms with E-state index in [1.807, 2.05) is 0 Å². The second-order valence-electron chi connectivity index (χ2n) is 3.52. The number of aliphatic hydroxyl groups excluding tert-OH is 1. The van der Waals surface area contributed by atoms with Gasteiger partial charge in [-0.05, 0) is 18.2 Å². The Labute approximate surface area is 103 Å². The van der Waals surface area contributed by atoms with E-state index < -0.39 is 6.10 Å². The SMILES string of the molecule is Cn1cc(C(O)c2cc(Cl)ccc2Cl)cn1. The molecule has 2 rings (SSSR count). The Bertz CT molecular complexity index is 510. The predicted molar refractivity (Wildman–Crippen MR) is 63.7 cm³/mol. The highest BCUT2D eigenvalue weighted by Gasteiger charge is 2.15. The van der Waals surface area contributed by atoms with Crippen molar-refractivity contribution in [2.24, 2.45) is 7.05 Å². The lowest BCUT2D eigenvalue weighted by Crippen LogP contribution is -1.99. The molecular formula is C11H10Cl2N2O. The number of aryl methyl sites for hydroxylation is 1. The van der Waals surface area contributed by atoms with Gasteiger partial charge in [0.15, 0.2) is 0 Å². The maximum absolute atomic E-state index is 10.1. The van der Waals surface area contributed by atoms with E-state index in [1.54, 1.807) is 42.3 Å². The van der Waals surface area contributed by atoms with Crippen molar-refractivity contribution in [2.75, 3.05) is 0 Å². The number of hydrogen-bond acceptors (Lipinski definition) is 2. The molecule has 5 heteroatoms. The molecule has 0 radical (unpaired) electrons. The molecule has 0 saturated carbocycles. The maximum atomic E-state index is 10.1. The van der Waals surface area contributed by atoms with Crippen LogP contribution in [-0.4, -0.2) is 14.9 Å². The van der Waals surface area contributed by atoms with Gasteiger partial charge in [-0.2, -0.15) is 5.10 Å². The summed E-state index contributed by atoms with van der Waals surface area (Å²) in [6, 6.07) is 5.00. The van der Waals surface area contributed by atoms with E-state index in [0.29, 0.717) is 21.2 Å². The normalized spacial score (nSPS) is 12.8. The molecule has 1 heterocycles. The van der Waals surface area contributed by atoms with Crippen molar-refractivity contribution >= 4 is 23.2 Å². The van der Waals surface area contributed by atoms with Gasteiger partial charge >= 0.3 is 0 Å². The third-order valence-corrected chi connectivity index (χ3v) is 2.87. The van der Waals surface area contributed by atoms with E-state index in [-0.39, 0.29) is 0 Å². The van der Waals surface area contributed by atoms with Gasteiger partial charge in [-0.3, -0.25) is 4.68 Å². The van der Waals surface area contributed by atoms with Gasteiger partial charge in [-0.25, -0.2) is 0 Å². The molecule has 2 aromatic rings. The smallest absolute Gasteiger partial charge is 0.109 e. The first-order chi connectivity index (χ1) is 7.58. The number of aliphatic hydroxyl groups is 1. The first-order valence-electron chi connectivity index (χ1n) is 4.69. The first-order valence-corrected chi connectivity index (χ1v) is 5.45. The summed E-state index contributed by atoms with van der Waals surface area (Å²) in [6.07, 6.45) is 2.53. The molecule has 0 aliphatic heterocycles. The van der Waals surface area contributed by atoms with Crippen molar-refractivity contribution in [1.82, 2.24) is 9.78 Å². The number of halogens is 2. The Morgan fingerprint density at radius 3 is 2.75 bits per heavy atom. The Morgan fingerprint density at radius 2 is 2.12 bits per heavy atom. The lowest BCUT2D eigenvalue weighted by Gasteiger charge is -2.11. The van der Waals surface area contributed by atoms with Crippen LogP contribution in [-0.2, 0) is 7.05 Å². The summed E-state index contributed by atoms with van der Waals surface area (Å²) in [7, 11) is 1.79. The highest BCUT2D eigenvalue weighted by molar-refractivity contribution is 6.33. The molecule has 0 spiro atoms. The second kappa shape index (κ2) is 4.45. The van der Waals surface area contributed by atoms with E-state index in [0.717, 1.165) is 0 Å². The molecule has 0 aliphatic rings. The van der Waals surface area contributed by atoms with Crippen molar-refractivity contribution in [2.45, 2.75) is 6.10 Å². The molecular weight excluding hydrogens is 247 g/mol. The Morgan fingerprint density at radius 1 is 1.38 bits per heavy atom. The van der Waals surface area contributed by atoms with E-state index in [4.69, 9.17) is 23.2 Å². The Balaban J connectivity index is 2.40. The molecule has 16 heavy (non-hydrogen) atoms. The fraction of sp³-hybridized carbons (Fsp3) is 0.182. The van der Waals surface area contributed by atoms with Gasteiger partial charge < -0.3 is 5.11 Å². The highest BCUT2D eigenvalue weighted by Crippen LogP contribution is 2.30. The van der Waals surface area contributed by atoms with Crippen LogP contribution < -0.4 is 0 Å². The molecule has 0 aliphatic carbocycles. The van der Waals surface area contributed by atoms with Crippen LogP contribution in [0.3, 0.4) is 0 Å². The van der Waals surface area contributed by atoms with Crippen molar-refractivity contribution in [3.8, 4) is 0 Å². The van der Waals surface area contributed by atoms with Crippen LogP contribution >= 0.6 is 23.2 Å². The summed E-state index contributed by atoms with van der Waals surface area (Å²) in [5.74, 6) is 0. The molecule has 1 N–H and O–H groups in total. The minimum atomic E-state index is -0.806. The summed E-state index contributed by atoms with van der Waals surface area (Å²) in [5, 5.41) is 15.1. The van der Waals surface area contributed by atoms with Crippen LogP contribution in [0.1, 0.15) is 17.2 Å². The monoisotopic (exact) mass is 256 g/mol. The molecule has 0 bridgehead atoms. The van der Waals surface area contributed by atoms with Gasteiger partial charge in [0.2, 0.25) is 0 Å². The fourth-order valence-corrected chi connectivity index (χ4v) is 1.89. The van der Waals surface area contributed by atoms with Crippen LogP contribution in [0.15, 0.2) is 30.6 Å². The number of hydrogen-bond donors (Lipinski definition) is 1. The molecule has 1 aromatic carbocycles. The zero-order chi connectivity index (χ0) is 11.7. The van der Waals surface area contributed by atoms with Crippen molar-refractivity contribution in [1.29, 1.82) is 0 Å². The third kappa shape index (κ3) is 2.21. The van der Waals surface area contributed by atoms with Crippen LogP contribution in [0.25, 0.3) is 0 Å². The zero-order valence-electron chi connectivity index (χ0n) is 8.56. The summed E-state index contributed by atoms with van der Waals surface area (Å²) >= 11 is 11.9. The van der Waals surface area contributed by atoms with Gasteiger partial charge in [-0.1, -0.05) is 23.2 Å². The van der Waals surface area contributed by atoms with Crippen LogP contribution in [0, 0.1) is 0 Å².